The summed E-state index contributed by atoms with van der Waals surface area (Å²) in [6, 6.07) is 8.20. The van der Waals surface area contributed by atoms with Crippen molar-refractivity contribution in [3.63, 3.8) is 0 Å². The van der Waals surface area contributed by atoms with Crippen LogP contribution >= 0.6 is 0 Å². The summed E-state index contributed by atoms with van der Waals surface area (Å²) >= 11 is 0. The molecular weight excluding hydrogens is 446 g/mol. The van der Waals surface area contributed by atoms with Gasteiger partial charge in [-0.25, -0.2) is 15.0 Å². The highest BCUT2D eigenvalue weighted by atomic mass is 15.4. The van der Waals surface area contributed by atoms with Crippen molar-refractivity contribution in [2.75, 3.05) is 24.5 Å². The second-order valence-corrected chi connectivity index (χ2v) is 10.8. The Labute approximate surface area is 216 Å². The van der Waals surface area contributed by atoms with Crippen molar-refractivity contribution in [3.05, 3.63) is 46.8 Å². The van der Waals surface area contributed by atoms with Crippen molar-refractivity contribution in [2.24, 2.45) is 16.8 Å². The number of hydrogen-bond donors (Lipinski definition) is 1. The molecule has 2 fully saturated rings. The lowest BCUT2D eigenvalue weighted by Crippen LogP contribution is -2.59. The molecule has 1 aliphatic carbocycles. The van der Waals surface area contributed by atoms with Gasteiger partial charge in [-0.05, 0) is 56.2 Å². The van der Waals surface area contributed by atoms with Crippen LogP contribution in [0.15, 0.2) is 29.3 Å². The van der Waals surface area contributed by atoms with Gasteiger partial charge in [0.15, 0.2) is 6.19 Å². The standard InChI is InChI=1S/C29H41N7/c1-20(2)27-18-35(15-16-36(27)28(31-19-30)33-25-14-10-9-11-21(25)3)29-32-23(5)22(4)26(34-29)17-24-12-7-6-8-13-24/h9-11,14,20,24,27H,6-8,12-13,15-18H2,1-5H3,(H,31,33). The zero-order valence-corrected chi connectivity index (χ0v) is 22.6. The molecule has 36 heavy (non-hydrogen) atoms. The fourth-order valence-corrected chi connectivity index (χ4v) is 5.52. The number of hydrogen-bond acceptors (Lipinski definition) is 5. The predicted molar refractivity (Wildman–Crippen MR) is 146 cm³/mol. The van der Waals surface area contributed by atoms with Gasteiger partial charge in [-0.15, -0.1) is 0 Å². The normalized spacial score (nSPS) is 19.5. The molecule has 0 radical (unpaired) electrons. The summed E-state index contributed by atoms with van der Waals surface area (Å²) in [7, 11) is 0. The molecule has 7 heteroatoms. The Morgan fingerprint density at radius 1 is 1.11 bits per heavy atom. The highest BCUT2D eigenvalue weighted by Gasteiger charge is 2.33. The molecule has 1 saturated carbocycles. The first-order valence-corrected chi connectivity index (χ1v) is 13.5. The van der Waals surface area contributed by atoms with E-state index in [0.29, 0.717) is 11.9 Å². The van der Waals surface area contributed by atoms with Crippen LogP contribution in [-0.4, -0.2) is 46.5 Å². The van der Waals surface area contributed by atoms with Crippen molar-refractivity contribution in [1.29, 1.82) is 5.26 Å². The van der Waals surface area contributed by atoms with Gasteiger partial charge in [-0.1, -0.05) is 64.2 Å². The van der Waals surface area contributed by atoms with Crippen LogP contribution in [0.1, 0.15) is 68.5 Å². The van der Waals surface area contributed by atoms with E-state index in [9.17, 15) is 5.26 Å². The molecular formula is C29H41N7. The van der Waals surface area contributed by atoms with Gasteiger partial charge in [0.2, 0.25) is 11.9 Å². The quantitative estimate of drug-likeness (QED) is 0.262. The van der Waals surface area contributed by atoms with Crippen LogP contribution in [-0.2, 0) is 6.42 Å². The molecule has 0 spiro atoms. The van der Waals surface area contributed by atoms with Crippen molar-refractivity contribution in [3.8, 4) is 6.19 Å². The number of aliphatic imine (C=N–C) groups is 1. The van der Waals surface area contributed by atoms with E-state index < -0.39 is 0 Å². The van der Waals surface area contributed by atoms with Crippen LogP contribution in [0.3, 0.4) is 0 Å². The van der Waals surface area contributed by atoms with E-state index in [2.05, 4.69) is 49.0 Å². The van der Waals surface area contributed by atoms with E-state index in [1.54, 1.807) is 0 Å². The van der Waals surface area contributed by atoms with Crippen LogP contribution in [0.2, 0.25) is 0 Å². The summed E-state index contributed by atoms with van der Waals surface area (Å²) in [5, 5.41) is 12.4. The Kier molecular flexibility index (Phi) is 8.45. The molecule has 1 unspecified atom stereocenters. The molecule has 1 aliphatic heterocycles. The van der Waals surface area contributed by atoms with Gasteiger partial charge in [-0.3, -0.25) is 5.32 Å². The monoisotopic (exact) mass is 487 g/mol. The topological polar surface area (TPSA) is 80.4 Å². The summed E-state index contributed by atoms with van der Waals surface area (Å²) in [5.74, 6) is 2.57. The van der Waals surface area contributed by atoms with Gasteiger partial charge in [-0.2, -0.15) is 5.26 Å². The van der Waals surface area contributed by atoms with Crippen molar-refractivity contribution in [1.82, 2.24) is 20.2 Å². The number of guanidine groups is 1. The van der Waals surface area contributed by atoms with Crippen LogP contribution in [0, 0.1) is 44.1 Å². The molecule has 1 aromatic heterocycles. The number of anilines is 1. The summed E-state index contributed by atoms with van der Waals surface area (Å²) in [6.07, 6.45) is 9.88. The smallest absolute Gasteiger partial charge is 0.225 e. The lowest BCUT2D eigenvalue weighted by Gasteiger charge is -2.44. The SMILES string of the molecule is Cc1ccccc1N=C(NC#N)N1CCN(c2nc(C)c(C)c(CC3CCCCC3)n2)CC1C(C)C. The second kappa shape index (κ2) is 11.7. The van der Waals surface area contributed by atoms with Gasteiger partial charge in [0.1, 0.15) is 0 Å². The van der Waals surface area contributed by atoms with E-state index in [0.717, 1.165) is 54.9 Å². The van der Waals surface area contributed by atoms with Crippen LogP contribution < -0.4 is 10.2 Å². The Morgan fingerprint density at radius 2 is 1.86 bits per heavy atom. The molecule has 4 rings (SSSR count). The molecule has 7 nitrogen and oxygen atoms in total. The number of aromatic nitrogens is 2. The number of para-hydroxylation sites is 1. The van der Waals surface area contributed by atoms with E-state index in [1.807, 2.05) is 31.2 Å². The highest BCUT2D eigenvalue weighted by molar-refractivity contribution is 5.85. The van der Waals surface area contributed by atoms with E-state index in [-0.39, 0.29) is 6.04 Å². The molecule has 1 atom stereocenters. The minimum absolute atomic E-state index is 0.175. The molecule has 2 aromatic rings. The predicted octanol–water partition coefficient (Wildman–Crippen LogP) is 5.43. The Bertz CT molecular complexity index is 1110. The van der Waals surface area contributed by atoms with Gasteiger partial charge in [0.25, 0.3) is 0 Å². The second-order valence-electron chi connectivity index (χ2n) is 10.8. The molecule has 192 valence electrons. The third-order valence-electron chi connectivity index (χ3n) is 7.94. The van der Waals surface area contributed by atoms with Crippen LogP contribution in [0.4, 0.5) is 11.6 Å². The van der Waals surface area contributed by atoms with E-state index in [1.165, 1.54) is 43.4 Å². The largest absolute Gasteiger partial charge is 0.337 e. The molecule has 1 saturated heterocycles. The molecule has 2 aliphatic rings. The number of rotatable bonds is 5. The molecule has 0 bridgehead atoms. The zero-order chi connectivity index (χ0) is 25.7. The number of piperazine rings is 1. The average molecular weight is 488 g/mol. The molecule has 1 aromatic carbocycles. The van der Waals surface area contributed by atoms with Crippen LogP contribution in [0.5, 0.6) is 0 Å². The summed E-state index contributed by atoms with van der Waals surface area (Å²) in [6.45, 7) is 13.1. The average Bonchev–Trinajstić information content (AvgIpc) is 2.88. The fraction of sp³-hybridized carbons (Fsp3) is 0.586. The number of aryl methyl sites for hydroxylation is 2. The van der Waals surface area contributed by atoms with Crippen molar-refractivity contribution in [2.45, 2.75) is 79.2 Å². The van der Waals surface area contributed by atoms with Crippen molar-refractivity contribution < 1.29 is 0 Å². The zero-order valence-electron chi connectivity index (χ0n) is 22.6. The highest BCUT2D eigenvalue weighted by Crippen LogP contribution is 2.29. The first-order chi connectivity index (χ1) is 17.4. The number of nitriles is 1. The maximum absolute atomic E-state index is 9.49. The Morgan fingerprint density at radius 3 is 2.56 bits per heavy atom. The Balaban J connectivity index is 1.58. The lowest BCUT2D eigenvalue weighted by molar-refractivity contribution is 0.219. The number of nitrogens with one attached hydrogen (secondary N) is 1. The van der Waals surface area contributed by atoms with Gasteiger partial charge in [0, 0.05) is 31.0 Å². The third kappa shape index (κ3) is 5.98. The maximum atomic E-state index is 9.49. The minimum Gasteiger partial charge on any atom is -0.337 e. The van der Waals surface area contributed by atoms with E-state index >= 15 is 0 Å². The molecule has 1 N–H and O–H groups in total. The number of nitrogens with zero attached hydrogens (tertiary/aromatic N) is 6. The summed E-state index contributed by atoms with van der Waals surface area (Å²) < 4.78 is 0. The maximum Gasteiger partial charge on any atom is 0.225 e. The summed E-state index contributed by atoms with van der Waals surface area (Å²) in [4.78, 5) is 19.5. The first kappa shape index (κ1) is 25.9. The number of benzene rings is 1. The Hall–Kier alpha value is -3.14. The van der Waals surface area contributed by atoms with Crippen LogP contribution in [0.25, 0.3) is 0 Å². The fourth-order valence-electron chi connectivity index (χ4n) is 5.52. The summed E-state index contributed by atoms with van der Waals surface area (Å²) in [5.41, 5.74) is 5.52. The van der Waals surface area contributed by atoms with Gasteiger partial charge in [0.05, 0.1) is 11.7 Å². The van der Waals surface area contributed by atoms with Gasteiger partial charge >= 0.3 is 0 Å². The van der Waals surface area contributed by atoms with E-state index in [4.69, 9.17) is 15.0 Å². The van der Waals surface area contributed by atoms with Gasteiger partial charge < -0.3 is 9.80 Å². The van der Waals surface area contributed by atoms with Crippen molar-refractivity contribution >= 4 is 17.6 Å². The third-order valence-corrected chi connectivity index (χ3v) is 7.94. The first-order valence-electron chi connectivity index (χ1n) is 13.5. The lowest BCUT2D eigenvalue weighted by atomic mass is 9.85. The minimum atomic E-state index is 0.175. The molecule has 0 amide bonds. The molecule has 2 heterocycles.